The van der Waals surface area contributed by atoms with Crippen LogP contribution in [-0.2, 0) is 11.2 Å². The van der Waals surface area contributed by atoms with Crippen molar-refractivity contribution in [2.24, 2.45) is 5.92 Å². The number of rotatable bonds is 4. The number of nitrogen functional groups attached to an aromatic ring is 1. The van der Waals surface area contributed by atoms with E-state index in [1.54, 1.807) is 12.4 Å². The van der Waals surface area contributed by atoms with Gasteiger partial charge in [-0.1, -0.05) is 19.3 Å². The van der Waals surface area contributed by atoms with E-state index in [9.17, 15) is 9.90 Å². The number of aromatic nitrogens is 2. The molecule has 0 spiro atoms. The smallest absolute Gasteiger partial charge is 0.225 e. The van der Waals surface area contributed by atoms with Crippen molar-refractivity contribution in [2.75, 3.05) is 18.8 Å². The third kappa shape index (κ3) is 4.23. The molecule has 0 unspecified atom stereocenters. The molecule has 1 amide bonds. The molecule has 1 aliphatic carbocycles. The number of nitrogens with zero attached hydrogens (tertiary/aromatic N) is 3. The molecule has 1 atom stereocenters. The van der Waals surface area contributed by atoms with Gasteiger partial charge in [0.1, 0.15) is 5.82 Å². The first-order valence-electron chi connectivity index (χ1n) is 9.11. The Kier molecular flexibility index (Phi) is 5.33. The van der Waals surface area contributed by atoms with Crippen molar-refractivity contribution in [1.29, 1.82) is 0 Å². The van der Waals surface area contributed by atoms with Crippen LogP contribution in [0.3, 0.4) is 0 Å². The summed E-state index contributed by atoms with van der Waals surface area (Å²) in [5.74, 6) is 0.941. The highest BCUT2D eigenvalue weighted by molar-refractivity contribution is 5.77. The average molecular weight is 332 g/mol. The van der Waals surface area contributed by atoms with Crippen LogP contribution in [0.2, 0.25) is 0 Å². The number of carbonyl (C=O) groups is 1. The van der Waals surface area contributed by atoms with Crippen molar-refractivity contribution in [1.82, 2.24) is 14.9 Å². The predicted molar refractivity (Wildman–Crippen MR) is 92.1 cm³/mol. The van der Waals surface area contributed by atoms with Crippen LogP contribution in [-0.4, -0.2) is 44.6 Å². The van der Waals surface area contributed by atoms with E-state index in [1.807, 2.05) is 4.90 Å². The second-order valence-electron chi connectivity index (χ2n) is 7.40. The number of hydrogen-bond acceptors (Lipinski definition) is 5. The number of aliphatic hydroxyl groups is 1. The standard InChI is InChI=1S/C18H28N4O2/c19-17-15(20-8-9-21-17)11-14-5-4-10-22(13-14)16(23)12-18(24)6-2-1-3-7-18/h8-9,14,24H,1-7,10-13H2,(H2,19,21)/t14-/m1/s1. The quantitative estimate of drug-likeness (QED) is 0.879. The molecule has 1 saturated heterocycles. The summed E-state index contributed by atoms with van der Waals surface area (Å²) >= 11 is 0. The Hall–Kier alpha value is -1.69. The van der Waals surface area contributed by atoms with Crippen LogP contribution < -0.4 is 5.73 Å². The molecule has 1 aliphatic heterocycles. The van der Waals surface area contributed by atoms with E-state index in [4.69, 9.17) is 5.73 Å². The van der Waals surface area contributed by atoms with Crippen LogP contribution in [0.4, 0.5) is 5.82 Å². The first kappa shape index (κ1) is 17.1. The summed E-state index contributed by atoms with van der Waals surface area (Å²) in [4.78, 5) is 23.0. The zero-order valence-corrected chi connectivity index (χ0v) is 14.3. The molecule has 24 heavy (non-hydrogen) atoms. The van der Waals surface area contributed by atoms with Crippen LogP contribution in [0.15, 0.2) is 12.4 Å². The molecule has 2 fully saturated rings. The van der Waals surface area contributed by atoms with Crippen LogP contribution in [0.25, 0.3) is 0 Å². The predicted octanol–water partition coefficient (Wildman–Crippen LogP) is 1.93. The minimum Gasteiger partial charge on any atom is -0.389 e. The summed E-state index contributed by atoms with van der Waals surface area (Å²) in [6.07, 6.45) is 11.1. The lowest BCUT2D eigenvalue weighted by atomic mass is 9.82. The highest BCUT2D eigenvalue weighted by Gasteiger charge is 2.34. The first-order chi connectivity index (χ1) is 11.6. The summed E-state index contributed by atoms with van der Waals surface area (Å²) in [5.41, 5.74) is 5.93. The van der Waals surface area contributed by atoms with E-state index in [0.717, 1.165) is 63.7 Å². The molecule has 0 bridgehead atoms. The molecular formula is C18H28N4O2. The third-order valence-corrected chi connectivity index (χ3v) is 5.42. The number of nitrogens with two attached hydrogens (primary N) is 1. The van der Waals surface area contributed by atoms with Crippen molar-refractivity contribution in [2.45, 2.75) is 63.4 Å². The Morgan fingerprint density at radius 2 is 2.00 bits per heavy atom. The molecule has 2 heterocycles. The summed E-state index contributed by atoms with van der Waals surface area (Å²) in [5, 5.41) is 10.6. The van der Waals surface area contributed by atoms with Gasteiger partial charge in [0.2, 0.25) is 5.91 Å². The molecule has 0 aromatic carbocycles. The van der Waals surface area contributed by atoms with Crippen molar-refractivity contribution in [3.05, 3.63) is 18.1 Å². The van der Waals surface area contributed by atoms with E-state index >= 15 is 0 Å². The van der Waals surface area contributed by atoms with Gasteiger partial charge in [-0.3, -0.25) is 9.78 Å². The van der Waals surface area contributed by atoms with E-state index in [2.05, 4.69) is 9.97 Å². The van der Waals surface area contributed by atoms with Crippen LogP contribution in [0.5, 0.6) is 0 Å². The fourth-order valence-electron chi connectivity index (χ4n) is 4.05. The number of hydrogen-bond donors (Lipinski definition) is 2. The summed E-state index contributed by atoms with van der Waals surface area (Å²) in [6, 6.07) is 0. The number of amides is 1. The van der Waals surface area contributed by atoms with Crippen LogP contribution in [0, 0.1) is 5.92 Å². The highest BCUT2D eigenvalue weighted by Crippen LogP contribution is 2.32. The van der Waals surface area contributed by atoms with E-state index in [0.29, 0.717) is 11.7 Å². The average Bonchev–Trinajstić information content (AvgIpc) is 2.57. The molecule has 2 aliphatic rings. The van der Waals surface area contributed by atoms with Gasteiger partial charge >= 0.3 is 0 Å². The zero-order chi connectivity index (χ0) is 17.0. The normalized spacial score (nSPS) is 23.9. The second-order valence-corrected chi connectivity index (χ2v) is 7.40. The maximum Gasteiger partial charge on any atom is 0.225 e. The van der Waals surface area contributed by atoms with Crippen molar-refractivity contribution >= 4 is 11.7 Å². The molecule has 1 aromatic rings. The first-order valence-corrected chi connectivity index (χ1v) is 9.11. The fraction of sp³-hybridized carbons (Fsp3) is 0.722. The Bertz CT molecular complexity index is 572. The minimum absolute atomic E-state index is 0.0937. The lowest BCUT2D eigenvalue weighted by Crippen LogP contribution is -2.45. The number of piperidine rings is 1. The molecule has 1 aromatic heterocycles. The van der Waals surface area contributed by atoms with E-state index < -0.39 is 5.60 Å². The van der Waals surface area contributed by atoms with Crippen molar-refractivity contribution in [3.63, 3.8) is 0 Å². The van der Waals surface area contributed by atoms with E-state index in [1.165, 1.54) is 6.42 Å². The van der Waals surface area contributed by atoms with Crippen LogP contribution >= 0.6 is 0 Å². The van der Waals surface area contributed by atoms with Crippen LogP contribution in [0.1, 0.15) is 57.1 Å². The van der Waals surface area contributed by atoms with Gasteiger partial charge < -0.3 is 15.7 Å². The largest absolute Gasteiger partial charge is 0.389 e. The van der Waals surface area contributed by atoms with Gasteiger partial charge in [0.05, 0.1) is 17.7 Å². The molecular weight excluding hydrogens is 304 g/mol. The molecule has 0 radical (unpaired) electrons. The SMILES string of the molecule is Nc1nccnc1C[C@H]1CCCN(C(=O)CC2(O)CCCCC2)C1. The number of likely N-dealkylation sites (tertiary alicyclic amines) is 1. The van der Waals surface area contributed by atoms with Gasteiger partial charge in [-0.25, -0.2) is 4.98 Å². The van der Waals surface area contributed by atoms with Crippen molar-refractivity contribution < 1.29 is 9.90 Å². The summed E-state index contributed by atoms with van der Waals surface area (Å²) in [6.45, 7) is 1.52. The lowest BCUT2D eigenvalue weighted by Gasteiger charge is -2.37. The molecule has 132 valence electrons. The third-order valence-electron chi connectivity index (χ3n) is 5.42. The lowest BCUT2D eigenvalue weighted by molar-refractivity contribution is -0.139. The monoisotopic (exact) mass is 332 g/mol. The Labute approximate surface area is 143 Å². The molecule has 6 heteroatoms. The summed E-state index contributed by atoms with van der Waals surface area (Å²) in [7, 11) is 0. The minimum atomic E-state index is -0.780. The van der Waals surface area contributed by atoms with Gasteiger partial charge in [0.25, 0.3) is 0 Å². The second kappa shape index (κ2) is 7.47. The number of carbonyl (C=O) groups excluding carboxylic acids is 1. The van der Waals surface area contributed by atoms with Gasteiger partial charge in [-0.15, -0.1) is 0 Å². The molecule has 1 saturated carbocycles. The maximum atomic E-state index is 12.6. The van der Waals surface area contributed by atoms with Gasteiger partial charge in [0.15, 0.2) is 0 Å². The Balaban J connectivity index is 1.56. The topological polar surface area (TPSA) is 92.3 Å². The summed E-state index contributed by atoms with van der Waals surface area (Å²) < 4.78 is 0. The molecule has 3 rings (SSSR count). The number of anilines is 1. The molecule has 6 nitrogen and oxygen atoms in total. The Morgan fingerprint density at radius 1 is 1.25 bits per heavy atom. The van der Waals surface area contributed by atoms with E-state index in [-0.39, 0.29) is 12.3 Å². The van der Waals surface area contributed by atoms with Crippen molar-refractivity contribution in [3.8, 4) is 0 Å². The fourth-order valence-corrected chi connectivity index (χ4v) is 4.05. The van der Waals surface area contributed by atoms with Gasteiger partial charge in [-0.05, 0) is 38.0 Å². The Morgan fingerprint density at radius 3 is 2.75 bits per heavy atom. The highest BCUT2D eigenvalue weighted by atomic mass is 16.3. The maximum absolute atomic E-state index is 12.6. The van der Waals surface area contributed by atoms with Gasteiger partial charge in [-0.2, -0.15) is 0 Å². The zero-order valence-electron chi connectivity index (χ0n) is 14.3. The molecule has 3 N–H and O–H groups in total. The van der Waals surface area contributed by atoms with Gasteiger partial charge in [0, 0.05) is 25.5 Å².